The average molecular weight is 304 g/mol. The molecule has 22 heavy (non-hydrogen) atoms. The summed E-state index contributed by atoms with van der Waals surface area (Å²) in [5.41, 5.74) is 1.50. The Balaban J connectivity index is 0.000000385. The third kappa shape index (κ3) is 7.64. The van der Waals surface area contributed by atoms with E-state index < -0.39 is 0 Å². The number of aromatic amines is 2. The van der Waals surface area contributed by atoms with Crippen LogP contribution in [0.1, 0.15) is 18.6 Å². The maximum Gasteiger partial charge on any atom is 0.247 e. The molecule has 0 fully saturated rings. The molecule has 2 N–H and O–H groups in total. The monoisotopic (exact) mass is 304 g/mol. The van der Waals surface area contributed by atoms with Crippen LogP contribution in [0.25, 0.3) is 6.08 Å². The van der Waals surface area contributed by atoms with Gasteiger partial charge in [-0.2, -0.15) is 0 Å². The zero-order chi connectivity index (χ0) is 15.5. The second-order valence-electron chi connectivity index (χ2n) is 3.96. The topological polar surface area (TPSA) is 92.0 Å². The van der Waals surface area contributed by atoms with Crippen molar-refractivity contribution in [2.45, 2.75) is 13.8 Å². The first-order valence-electron chi connectivity index (χ1n) is 6.15. The van der Waals surface area contributed by atoms with E-state index in [1.807, 2.05) is 0 Å². The SMILES string of the molecule is C.CO/C=C/c1ccc(=O)[nH]c1.O=CCc1ccc(=O)[nH]c1. The third-order valence-electron chi connectivity index (χ3n) is 2.37. The predicted molar refractivity (Wildman–Crippen MR) is 86.7 cm³/mol. The highest BCUT2D eigenvalue weighted by Gasteiger charge is 1.88. The van der Waals surface area contributed by atoms with E-state index >= 15 is 0 Å². The van der Waals surface area contributed by atoms with E-state index in [0.29, 0.717) is 6.42 Å². The standard InChI is InChI=1S/C8H9NO2.C7H7NO2.CH4/c1-11-5-4-7-2-3-8(10)9-6-7;9-4-3-6-1-2-7(10)8-5-6;/h2-6H,1H3,(H,9,10);1-2,4-5H,3H2,(H,8,10);1H4/b5-4+;;. The summed E-state index contributed by atoms with van der Waals surface area (Å²) in [6, 6.07) is 6.22. The normalized spacial score (nSPS) is 9.32. The number of aromatic nitrogens is 2. The van der Waals surface area contributed by atoms with Gasteiger partial charge >= 0.3 is 0 Å². The van der Waals surface area contributed by atoms with Gasteiger partial charge in [0.15, 0.2) is 0 Å². The van der Waals surface area contributed by atoms with Crippen LogP contribution in [0, 0.1) is 0 Å². The number of hydrogen-bond donors (Lipinski definition) is 2. The Labute approximate surface area is 128 Å². The minimum Gasteiger partial charge on any atom is -0.504 e. The number of carbonyl (C=O) groups is 1. The van der Waals surface area contributed by atoms with Crippen LogP contribution in [-0.4, -0.2) is 23.4 Å². The predicted octanol–water partition coefficient (Wildman–Crippen LogP) is 1.74. The van der Waals surface area contributed by atoms with E-state index in [4.69, 9.17) is 4.74 Å². The van der Waals surface area contributed by atoms with Crippen molar-refractivity contribution >= 4 is 12.4 Å². The van der Waals surface area contributed by atoms with Crippen molar-refractivity contribution < 1.29 is 9.53 Å². The van der Waals surface area contributed by atoms with Gasteiger partial charge in [-0.05, 0) is 23.3 Å². The number of rotatable bonds is 4. The van der Waals surface area contributed by atoms with Crippen LogP contribution in [0.5, 0.6) is 0 Å². The molecule has 2 aromatic heterocycles. The fourth-order valence-corrected chi connectivity index (χ4v) is 1.34. The molecule has 0 bridgehead atoms. The van der Waals surface area contributed by atoms with E-state index in [2.05, 4.69) is 9.97 Å². The summed E-state index contributed by atoms with van der Waals surface area (Å²) in [7, 11) is 1.57. The summed E-state index contributed by atoms with van der Waals surface area (Å²) in [5.74, 6) is 0. The molecule has 0 unspecified atom stereocenters. The van der Waals surface area contributed by atoms with E-state index in [1.165, 1.54) is 18.3 Å². The molecule has 0 aliphatic heterocycles. The molecule has 118 valence electrons. The van der Waals surface area contributed by atoms with Crippen molar-refractivity contribution in [1.82, 2.24) is 9.97 Å². The first kappa shape index (κ1) is 19.1. The van der Waals surface area contributed by atoms with Gasteiger partial charge in [0.05, 0.1) is 13.4 Å². The highest BCUT2D eigenvalue weighted by atomic mass is 16.5. The molecule has 0 spiro atoms. The molecule has 0 radical (unpaired) electrons. The van der Waals surface area contributed by atoms with Crippen molar-refractivity contribution in [3.63, 3.8) is 0 Å². The number of nitrogens with one attached hydrogen (secondary N) is 2. The van der Waals surface area contributed by atoms with Crippen molar-refractivity contribution in [2.75, 3.05) is 7.11 Å². The molecule has 2 aromatic rings. The van der Waals surface area contributed by atoms with Gasteiger partial charge in [0.25, 0.3) is 0 Å². The largest absolute Gasteiger partial charge is 0.504 e. The third-order valence-corrected chi connectivity index (χ3v) is 2.37. The number of H-pyrrole nitrogens is 2. The summed E-state index contributed by atoms with van der Waals surface area (Å²) in [5, 5.41) is 0. The van der Waals surface area contributed by atoms with Gasteiger partial charge in [0.1, 0.15) is 6.29 Å². The van der Waals surface area contributed by atoms with Gasteiger partial charge in [-0.25, -0.2) is 0 Å². The number of pyridine rings is 2. The van der Waals surface area contributed by atoms with Crippen molar-refractivity contribution in [1.29, 1.82) is 0 Å². The number of ether oxygens (including phenoxy) is 1. The van der Waals surface area contributed by atoms with Crippen LogP contribution >= 0.6 is 0 Å². The highest BCUT2D eigenvalue weighted by molar-refractivity contribution is 5.54. The Kier molecular flexibility index (Phi) is 9.42. The maximum atomic E-state index is 10.6. The number of carbonyl (C=O) groups excluding carboxylic acids is 1. The van der Waals surface area contributed by atoms with Crippen LogP contribution < -0.4 is 11.1 Å². The summed E-state index contributed by atoms with van der Waals surface area (Å²) in [6.45, 7) is 0. The number of aldehydes is 1. The van der Waals surface area contributed by atoms with Gasteiger partial charge in [0.2, 0.25) is 11.1 Å². The zero-order valence-electron chi connectivity index (χ0n) is 11.5. The molecule has 0 atom stereocenters. The van der Waals surface area contributed by atoms with Gasteiger partial charge in [-0.1, -0.05) is 13.5 Å². The molecule has 0 saturated carbocycles. The lowest BCUT2D eigenvalue weighted by atomic mass is 10.2. The zero-order valence-corrected chi connectivity index (χ0v) is 11.5. The lowest BCUT2D eigenvalue weighted by molar-refractivity contribution is -0.107. The van der Waals surface area contributed by atoms with Crippen LogP contribution in [0.4, 0.5) is 0 Å². The summed E-state index contributed by atoms with van der Waals surface area (Å²) >= 11 is 0. The van der Waals surface area contributed by atoms with Crippen molar-refractivity contribution in [3.8, 4) is 0 Å². The Morgan fingerprint density at radius 1 is 1.05 bits per heavy atom. The van der Waals surface area contributed by atoms with E-state index in [-0.39, 0.29) is 18.5 Å². The molecule has 0 saturated heterocycles. The lowest BCUT2D eigenvalue weighted by Gasteiger charge is -1.89. The van der Waals surface area contributed by atoms with Crippen molar-refractivity contribution in [3.05, 3.63) is 74.8 Å². The van der Waals surface area contributed by atoms with E-state index in [1.54, 1.807) is 37.8 Å². The van der Waals surface area contributed by atoms with Gasteiger partial charge in [-0.3, -0.25) is 9.59 Å². The number of methoxy groups -OCH3 is 1. The Bertz CT molecular complexity index is 661. The van der Waals surface area contributed by atoms with Gasteiger partial charge < -0.3 is 19.5 Å². The summed E-state index contributed by atoms with van der Waals surface area (Å²) in [4.78, 5) is 36.1. The second-order valence-corrected chi connectivity index (χ2v) is 3.96. The molecular formula is C16H20N2O4. The van der Waals surface area contributed by atoms with Gasteiger partial charge in [-0.15, -0.1) is 0 Å². The molecule has 6 heteroatoms. The molecule has 2 heterocycles. The molecule has 2 rings (SSSR count). The van der Waals surface area contributed by atoms with Gasteiger partial charge in [0, 0.05) is 30.9 Å². The summed E-state index contributed by atoms with van der Waals surface area (Å²) < 4.78 is 4.70. The second kappa shape index (κ2) is 10.8. The molecule has 0 aromatic carbocycles. The number of hydrogen-bond acceptors (Lipinski definition) is 4. The first-order valence-corrected chi connectivity index (χ1v) is 6.15. The van der Waals surface area contributed by atoms with Crippen molar-refractivity contribution in [2.24, 2.45) is 0 Å². The van der Waals surface area contributed by atoms with Crippen LogP contribution in [0.15, 0.2) is 52.5 Å². The minimum absolute atomic E-state index is 0. The lowest BCUT2D eigenvalue weighted by Crippen LogP contribution is -2.02. The Hall–Kier alpha value is -2.89. The minimum atomic E-state index is -0.144. The first-order chi connectivity index (χ1) is 10.2. The Morgan fingerprint density at radius 2 is 1.68 bits per heavy atom. The maximum absolute atomic E-state index is 10.6. The molecular weight excluding hydrogens is 284 g/mol. The van der Waals surface area contributed by atoms with Crippen LogP contribution in [-0.2, 0) is 16.0 Å². The molecule has 6 nitrogen and oxygen atoms in total. The smallest absolute Gasteiger partial charge is 0.247 e. The fraction of sp³-hybridized carbons (Fsp3) is 0.188. The average Bonchev–Trinajstić information content (AvgIpc) is 2.50. The van der Waals surface area contributed by atoms with Crippen LogP contribution in [0.3, 0.4) is 0 Å². The van der Waals surface area contributed by atoms with Crippen LogP contribution in [0.2, 0.25) is 0 Å². The molecule has 0 amide bonds. The Morgan fingerprint density at radius 3 is 2.14 bits per heavy atom. The summed E-state index contributed by atoms with van der Waals surface area (Å²) in [6.07, 6.45) is 7.63. The van der Waals surface area contributed by atoms with E-state index in [9.17, 15) is 14.4 Å². The molecule has 0 aliphatic carbocycles. The highest BCUT2D eigenvalue weighted by Crippen LogP contribution is 1.95. The quantitative estimate of drug-likeness (QED) is 0.665. The molecule has 0 aliphatic rings. The fourth-order valence-electron chi connectivity index (χ4n) is 1.34. The van der Waals surface area contributed by atoms with E-state index in [0.717, 1.165) is 17.4 Å².